The number of aliphatic hydroxyl groups excluding tert-OH is 6. The first-order chi connectivity index (χ1) is 21.6. The first-order valence-corrected chi connectivity index (χ1v) is 17.5. The van der Waals surface area contributed by atoms with Gasteiger partial charge in [-0.1, -0.05) is 39.3 Å². The van der Waals surface area contributed by atoms with Crippen LogP contribution in [0.5, 0.6) is 0 Å². The molecule has 2 saturated heterocycles. The minimum Gasteiger partial charge on any atom is -0.459 e. The molecule has 0 radical (unpaired) electrons. The number of cyclic esters (lactones) is 1. The van der Waals surface area contributed by atoms with E-state index >= 15 is 0 Å². The normalized spacial score (nSPS) is 51.0. The van der Waals surface area contributed by atoms with Crippen LogP contribution in [0.25, 0.3) is 0 Å². The van der Waals surface area contributed by atoms with Gasteiger partial charge in [0.2, 0.25) is 0 Å². The monoisotopic (exact) mass is 652 g/mol. The quantitative estimate of drug-likeness (QED) is 0.156. The second-order valence-electron chi connectivity index (χ2n) is 16.3. The lowest BCUT2D eigenvalue weighted by Crippen LogP contribution is -2.60. The van der Waals surface area contributed by atoms with Gasteiger partial charge in [0, 0.05) is 12.3 Å². The molecule has 2 heterocycles. The van der Waals surface area contributed by atoms with Crippen molar-refractivity contribution in [2.75, 3.05) is 6.61 Å². The van der Waals surface area contributed by atoms with Gasteiger partial charge in [-0.15, -0.1) is 0 Å². The van der Waals surface area contributed by atoms with Crippen LogP contribution in [0.15, 0.2) is 11.6 Å². The fraction of sp³-hybridized carbons (Fsp3) is 0.914. The highest BCUT2D eigenvalue weighted by molar-refractivity contribution is 5.75. The number of hydrogen-bond donors (Lipinski definition) is 7. The van der Waals surface area contributed by atoms with Crippen LogP contribution >= 0.6 is 0 Å². The number of allylic oxidation sites excluding steroid dienone is 2. The zero-order valence-electron chi connectivity index (χ0n) is 27.9. The van der Waals surface area contributed by atoms with Gasteiger partial charge in [-0.25, -0.2) is 0 Å². The topological polar surface area (TPSA) is 186 Å². The third-order valence-corrected chi connectivity index (χ3v) is 13.9. The van der Waals surface area contributed by atoms with Gasteiger partial charge >= 0.3 is 5.97 Å². The van der Waals surface area contributed by atoms with E-state index in [-0.39, 0.29) is 47.1 Å². The molecule has 0 unspecified atom stereocenters. The SMILES string of the molecule is CC(C)[C@@](O)([C@@H]1C[C@@H]([C@H]2[C@@H](O)C[C@H]3C4=CC[C@H]5C[C@@H](O[C@@H]6O[C@@H](CO)[C@H](O)[C@H](O)[C@@H]6O)CC[C@]5(C)[C@H]4CC[C@]23C)C(=O)O1)[C@@H](C)O. The lowest BCUT2D eigenvalue weighted by molar-refractivity contribution is -0.315. The lowest BCUT2D eigenvalue weighted by Gasteiger charge is -2.58. The Morgan fingerprint density at radius 2 is 1.67 bits per heavy atom. The summed E-state index contributed by atoms with van der Waals surface area (Å²) >= 11 is 0. The molecular formula is C35H56O11. The molecule has 2 aliphatic heterocycles. The minimum absolute atomic E-state index is 0.0199. The molecule has 0 aromatic heterocycles. The van der Waals surface area contributed by atoms with Crippen LogP contribution in [0.1, 0.15) is 86.0 Å². The number of ether oxygens (including phenoxy) is 3. The van der Waals surface area contributed by atoms with E-state index in [1.807, 2.05) is 13.8 Å². The largest absolute Gasteiger partial charge is 0.459 e. The summed E-state index contributed by atoms with van der Waals surface area (Å²) in [5.41, 5.74) is -0.444. The van der Waals surface area contributed by atoms with E-state index in [0.717, 1.165) is 38.5 Å². The maximum Gasteiger partial charge on any atom is 0.309 e. The highest BCUT2D eigenvalue weighted by atomic mass is 16.7. The zero-order chi connectivity index (χ0) is 33.5. The number of rotatable bonds is 7. The second-order valence-corrected chi connectivity index (χ2v) is 16.3. The first kappa shape index (κ1) is 34.7. The van der Waals surface area contributed by atoms with Gasteiger partial charge < -0.3 is 50.0 Å². The van der Waals surface area contributed by atoms with E-state index in [1.54, 1.807) is 0 Å². The first-order valence-electron chi connectivity index (χ1n) is 17.5. The molecule has 7 N–H and O–H groups in total. The number of esters is 1. The average molecular weight is 653 g/mol. The predicted octanol–water partition coefficient (Wildman–Crippen LogP) is 1.42. The van der Waals surface area contributed by atoms with Crippen molar-refractivity contribution in [2.45, 2.75) is 147 Å². The van der Waals surface area contributed by atoms with Gasteiger partial charge in [-0.2, -0.15) is 0 Å². The van der Waals surface area contributed by atoms with Crippen LogP contribution in [0.4, 0.5) is 0 Å². The molecule has 0 aromatic carbocycles. The number of fused-ring (bicyclic) bond motifs is 5. The van der Waals surface area contributed by atoms with E-state index in [4.69, 9.17) is 14.2 Å². The van der Waals surface area contributed by atoms with Gasteiger partial charge in [0.15, 0.2) is 6.29 Å². The maximum atomic E-state index is 13.4. The average Bonchev–Trinajstić information content (AvgIpc) is 3.51. The van der Waals surface area contributed by atoms with E-state index in [2.05, 4.69) is 19.9 Å². The molecular weight excluding hydrogens is 596 g/mol. The molecule has 46 heavy (non-hydrogen) atoms. The summed E-state index contributed by atoms with van der Waals surface area (Å²) in [7, 11) is 0. The smallest absolute Gasteiger partial charge is 0.309 e. The van der Waals surface area contributed by atoms with Crippen molar-refractivity contribution in [3.8, 4) is 0 Å². The predicted molar refractivity (Wildman–Crippen MR) is 165 cm³/mol. The molecule has 11 nitrogen and oxygen atoms in total. The molecule has 6 rings (SSSR count). The van der Waals surface area contributed by atoms with Crippen molar-refractivity contribution >= 4 is 5.97 Å². The van der Waals surface area contributed by atoms with Gasteiger partial charge in [0.25, 0.3) is 0 Å². The molecule has 11 heteroatoms. The fourth-order valence-electron chi connectivity index (χ4n) is 11.1. The molecule has 0 amide bonds. The Morgan fingerprint density at radius 3 is 2.33 bits per heavy atom. The standard InChI is InChI=1S/C35H56O11/c1-16(2)35(43,17(3)37)26-13-21(31(42)46-26)27-24(38)14-23-20-7-6-18-12-19(8-10-33(18,4)22(20)9-11-34(23,27)5)44-32-30(41)29(40)28(39)25(15-36)45-32/h7,16-19,21-30,32,36-41,43H,6,8-15H2,1-5H3/t17-,18+,19+,21+,22+,23+,24+,25+,26+,27+,28+,29+,30+,32-,33+,34+,35+/m1/s1. The van der Waals surface area contributed by atoms with Crippen molar-refractivity contribution in [3.05, 3.63) is 11.6 Å². The molecule has 0 spiro atoms. The summed E-state index contributed by atoms with van der Waals surface area (Å²) in [5.74, 6) is -0.743. The summed E-state index contributed by atoms with van der Waals surface area (Å²) < 4.78 is 17.6. The Labute approximate surface area is 271 Å². The fourth-order valence-corrected chi connectivity index (χ4v) is 11.1. The van der Waals surface area contributed by atoms with Crippen molar-refractivity contribution in [3.63, 3.8) is 0 Å². The molecule has 0 bridgehead atoms. The molecule has 262 valence electrons. The molecule has 3 saturated carbocycles. The highest BCUT2D eigenvalue weighted by Crippen LogP contribution is 2.67. The van der Waals surface area contributed by atoms with Gasteiger partial charge in [0.1, 0.15) is 36.1 Å². The molecule has 4 aliphatic carbocycles. The lowest BCUT2D eigenvalue weighted by atomic mass is 9.47. The number of hydrogen-bond acceptors (Lipinski definition) is 11. The number of aliphatic hydroxyl groups is 7. The van der Waals surface area contributed by atoms with E-state index in [0.29, 0.717) is 18.3 Å². The van der Waals surface area contributed by atoms with Crippen LogP contribution in [0.3, 0.4) is 0 Å². The summed E-state index contributed by atoms with van der Waals surface area (Å²) in [4.78, 5) is 13.4. The molecule has 6 aliphatic rings. The Morgan fingerprint density at radius 1 is 0.978 bits per heavy atom. The van der Waals surface area contributed by atoms with Crippen molar-refractivity contribution in [1.82, 2.24) is 0 Å². The van der Waals surface area contributed by atoms with Crippen molar-refractivity contribution < 1.29 is 54.8 Å². The van der Waals surface area contributed by atoms with Crippen molar-refractivity contribution in [1.29, 1.82) is 0 Å². The maximum absolute atomic E-state index is 13.4. The van der Waals surface area contributed by atoms with Crippen LogP contribution in [0, 0.1) is 46.3 Å². The third-order valence-electron chi connectivity index (χ3n) is 13.9. The highest BCUT2D eigenvalue weighted by Gasteiger charge is 2.64. The molecule has 5 fully saturated rings. The summed E-state index contributed by atoms with van der Waals surface area (Å²) in [6, 6.07) is 0. The van der Waals surface area contributed by atoms with E-state index in [9.17, 15) is 40.5 Å². The Kier molecular flexibility index (Phi) is 9.29. The summed E-state index contributed by atoms with van der Waals surface area (Å²) in [6.45, 7) is 9.25. The summed E-state index contributed by atoms with van der Waals surface area (Å²) in [6.07, 6.45) is -0.900. The minimum atomic E-state index is -1.56. The Hall–Kier alpha value is -1.15. The van der Waals surface area contributed by atoms with Crippen LogP contribution in [-0.4, -0.2) is 109 Å². The number of carbonyl (C=O) groups excluding carboxylic acids is 1. The molecule has 17 atom stereocenters. The van der Waals surface area contributed by atoms with E-state index < -0.39 is 67.1 Å². The summed E-state index contributed by atoms with van der Waals surface area (Å²) in [5, 5.41) is 73.9. The van der Waals surface area contributed by atoms with Crippen LogP contribution in [0.2, 0.25) is 0 Å². The zero-order valence-corrected chi connectivity index (χ0v) is 27.9. The Bertz CT molecular complexity index is 1160. The Balaban J connectivity index is 1.17. The van der Waals surface area contributed by atoms with Crippen LogP contribution in [-0.2, 0) is 19.0 Å². The second kappa shape index (κ2) is 12.3. The molecule has 0 aromatic rings. The third kappa shape index (κ3) is 5.22. The van der Waals surface area contributed by atoms with Gasteiger partial charge in [0.05, 0.1) is 30.8 Å². The van der Waals surface area contributed by atoms with Crippen molar-refractivity contribution in [2.24, 2.45) is 46.3 Å². The number of carbonyl (C=O) groups is 1. The van der Waals surface area contributed by atoms with Crippen LogP contribution < -0.4 is 0 Å². The van der Waals surface area contributed by atoms with Gasteiger partial charge in [-0.3, -0.25) is 4.79 Å². The van der Waals surface area contributed by atoms with Gasteiger partial charge in [-0.05, 0) is 86.4 Å². The van der Waals surface area contributed by atoms with E-state index in [1.165, 1.54) is 12.5 Å².